The molecule has 0 N–H and O–H groups in total. The van der Waals surface area contributed by atoms with Gasteiger partial charge in [-0.25, -0.2) is 4.98 Å². The normalized spacial score (nSPS) is 21.4. The Kier molecular flexibility index (Phi) is 5.81. The van der Waals surface area contributed by atoms with Crippen molar-refractivity contribution in [2.75, 3.05) is 26.3 Å². The number of piperidine rings is 1. The Hall–Kier alpha value is -2.54. The van der Waals surface area contributed by atoms with Crippen molar-refractivity contribution >= 4 is 5.91 Å². The fourth-order valence-corrected chi connectivity index (χ4v) is 4.19. The van der Waals surface area contributed by atoms with Crippen LogP contribution in [0.4, 0.5) is 0 Å². The van der Waals surface area contributed by atoms with Gasteiger partial charge in [0.15, 0.2) is 0 Å². The smallest absolute Gasteiger partial charge is 0.274 e. The molecule has 7 heteroatoms. The molecule has 0 bridgehead atoms. The van der Waals surface area contributed by atoms with E-state index in [9.17, 15) is 4.79 Å². The Morgan fingerprint density at radius 3 is 2.75 bits per heavy atom. The lowest BCUT2D eigenvalue weighted by atomic mass is 9.78. The van der Waals surface area contributed by atoms with E-state index in [-0.39, 0.29) is 11.5 Å². The summed E-state index contributed by atoms with van der Waals surface area (Å²) >= 11 is 0. The predicted molar refractivity (Wildman–Crippen MR) is 103 cm³/mol. The summed E-state index contributed by atoms with van der Waals surface area (Å²) in [5.74, 6) is 1.42. The number of nitrogens with zero attached hydrogens (tertiary/aromatic N) is 4. The van der Waals surface area contributed by atoms with E-state index in [0.29, 0.717) is 31.3 Å². The number of rotatable bonds is 5. The average Bonchev–Trinajstić information content (AvgIpc) is 2.75. The van der Waals surface area contributed by atoms with Gasteiger partial charge in [0, 0.05) is 44.5 Å². The summed E-state index contributed by atoms with van der Waals surface area (Å²) in [4.78, 5) is 26.6. The van der Waals surface area contributed by atoms with E-state index < -0.39 is 0 Å². The first-order valence-corrected chi connectivity index (χ1v) is 9.96. The summed E-state index contributed by atoms with van der Waals surface area (Å²) in [6.45, 7) is 2.91. The molecule has 0 radical (unpaired) electrons. The van der Waals surface area contributed by atoms with Gasteiger partial charge >= 0.3 is 0 Å². The molecule has 4 rings (SSSR count). The third-order valence-electron chi connectivity index (χ3n) is 5.78. The summed E-state index contributed by atoms with van der Waals surface area (Å²) in [5, 5.41) is 0. The van der Waals surface area contributed by atoms with Gasteiger partial charge in [0.05, 0.1) is 18.4 Å². The van der Waals surface area contributed by atoms with E-state index in [1.54, 1.807) is 24.8 Å². The van der Waals surface area contributed by atoms with E-state index in [0.717, 1.165) is 44.5 Å². The topological polar surface area (TPSA) is 77.4 Å². The quantitative estimate of drug-likeness (QED) is 0.791. The third-order valence-corrected chi connectivity index (χ3v) is 5.78. The molecule has 0 saturated carbocycles. The molecule has 1 unspecified atom stereocenters. The van der Waals surface area contributed by atoms with E-state index in [1.807, 2.05) is 17.0 Å². The van der Waals surface area contributed by atoms with Gasteiger partial charge in [0.2, 0.25) is 0 Å². The molecule has 2 aromatic rings. The summed E-state index contributed by atoms with van der Waals surface area (Å²) in [5.41, 5.74) is 0.313. The van der Waals surface area contributed by atoms with Crippen molar-refractivity contribution in [3.63, 3.8) is 0 Å². The van der Waals surface area contributed by atoms with E-state index >= 15 is 0 Å². The highest BCUT2D eigenvalue weighted by Crippen LogP contribution is 2.39. The number of carbonyl (C=O) groups excluding carboxylic acids is 1. The summed E-state index contributed by atoms with van der Waals surface area (Å²) in [6, 6.07) is 3.77. The number of amides is 1. The van der Waals surface area contributed by atoms with Crippen molar-refractivity contribution in [1.82, 2.24) is 19.9 Å². The van der Waals surface area contributed by atoms with Crippen LogP contribution >= 0.6 is 0 Å². The van der Waals surface area contributed by atoms with Crippen LogP contribution in [0.3, 0.4) is 0 Å². The third kappa shape index (κ3) is 4.47. The molecule has 2 saturated heterocycles. The average molecular weight is 382 g/mol. The van der Waals surface area contributed by atoms with Crippen molar-refractivity contribution in [2.24, 2.45) is 5.92 Å². The largest absolute Gasteiger partial charge is 0.493 e. The lowest BCUT2D eigenvalue weighted by Crippen LogP contribution is -2.51. The molecule has 1 spiro atoms. The maximum atomic E-state index is 12.6. The van der Waals surface area contributed by atoms with Crippen LogP contribution in [0.1, 0.15) is 42.6 Å². The van der Waals surface area contributed by atoms with Crippen molar-refractivity contribution in [2.45, 2.75) is 37.7 Å². The predicted octanol–water partition coefficient (Wildman–Crippen LogP) is 2.74. The first-order chi connectivity index (χ1) is 13.7. The standard InChI is InChI=1S/C21H26N4O3/c26-20(19-16-23-9-10-24-19)25-11-5-21(6-12-25)15-17(4-14-28-21)3-13-27-18-1-7-22-8-2-18/h1-2,7-10,16-17H,3-6,11-15H2. The van der Waals surface area contributed by atoms with Crippen LogP contribution in [-0.2, 0) is 4.74 Å². The van der Waals surface area contributed by atoms with Crippen molar-refractivity contribution < 1.29 is 14.3 Å². The van der Waals surface area contributed by atoms with Crippen LogP contribution < -0.4 is 4.74 Å². The Labute approximate surface area is 165 Å². The fourth-order valence-electron chi connectivity index (χ4n) is 4.19. The minimum atomic E-state index is -0.0985. The highest BCUT2D eigenvalue weighted by Gasteiger charge is 2.41. The van der Waals surface area contributed by atoms with Crippen LogP contribution in [0.5, 0.6) is 5.75 Å². The second-order valence-electron chi connectivity index (χ2n) is 7.59. The molecule has 1 amide bonds. The number of hydrogen-bond acceptors (Lipinski definition) is 6. The molecule has 7 nitrogen and oxygen atoms in total. The van der Waals surface area contributed by atoms with E-state index in [2.05, 4.69) is 15.0 Å². The van der Waals surface area contributed by atoms with Crippen molar-refractivity contribution in [1.29, 1.82) is 0 Å². The zero-order chi connectivity index (χ0) is 19.2. The van der Waals surface area contributed by atoms with Gasteiger partial charge in [-0.2, -0.15) is 0 Å². The molecule has 2 fully saturated rings. The molecule has 1 atom stereocenters. The zero-order valence-electron chi connectivity index (χ0n) is 16.0. The number of pyridine rings is 1. The SMILES string of the molecule is O=C(c1cnccn1)N1CCC2(CC1)CC(CCOc1ccncc1)CCO2. The van der Waals surface area contributed by atoms with E-state index in [4.69, 9.17) is 9.47 Å². The van der Waals surface area contributed by atoms with Gasteiger partial charge in [-0.15, -0.1) is 0 Å². The number of hydrogen-bond donors (Lipinski definition) is 0. The first kappa shape index (κ1) is 18.8. The molecule has 148 valence electrons. The van der Waals surface area contributed by atoms with Gasteiger partial charge in [-0.1, -0.05) is 0 Å². The van der Waals surface area contributed by atoms with Crippen LogP contribution in [0.25, 0.3) is 0 Å². The van der Waals surface area contributed by atoms with Gasteiger partial charge < -0.3 is 14.4 Å². The number of ether oxygens (including phenoxy) is 2. The summed E-state index contributed by atoms with van der Waals surface area (Å²) in [6.07, 6.45) is 13.0. The maximum Gasteiger partial charge on any atom is 0.274 e. The second-order valence-corrected chi connectivity index (χ2v) is 7.59. The number of carbonyl (C=O) groups is 1. The minimum absolute atomic E-state index is 0.0407. The molecule has 0 aliphatic carbocycles. The Balaban J connectivity index is 1.27. The van der Waals surface area contributed by atoms with Crippen molar-refractivity contribution in [3.8, 4) is 5.75 Å². The first-order valence-electron chi connectivity index (χ1n) is 9.96. The van der Waals surface area contributed by atoms with Gasteiger partial charge in [-0.3, -0.25) is 14.8 Å². The highest BCUT2D eigenvalue weighted by molar-refractivity contribution is 5.92. The minimum Gasteiger partial charge on any atom is -0.493 e. The van der Waals surface area contributed by atoms with E-state index in [1.165, 1.54) is 6.20 Å². The molecule has 2 aromatic heterocycles. The molecular weight excluding hydrogens is 356 g/mol. The molecule has 2 aliphatic rings. The Bertz CT molecular complexity index is 764. The maximum absolute atomic E-state index is 12.6. The van der Waals surface area contributed by atoms with Crippen molar-refractivity contribution in [3.05, 3.63) is 48.8 Å². The monoisotopic (exact) mass is 382 g/mol. The number of aromatic nitrogens is 3. The van der Waals surface area contributed by atoms with Crippen LogP contribution in [0.15, 0.2) is 43.1 Å². The molecule has 2 aliphatic heterocycles. The Morgan fingerprint density at radius 1 is 1.18 bits per heavy atom. The van der Waals surface area contributed by atoms with Gasteiger partial charge in [-0.05, 0) is 50.2 Å². The number of likely N-dealkylation sites (tertiary alicyclic amines) is 1. The summed E-state index contributed by atoms with van der Waals surface area (Å²) in [7, 11) is 0. The summed E-state index contributed by atoms with van der Waals surface area (Å²) < 4.78 is 12.1. The van der Waals surface area contributed by atoms with Crippen LogP contribution in [0.2, 0.25) is 0 Å². The molecule has 4 heterocycles. The Morgan fingerprint density at radius 2 is 2.00 bits per heavy atom. The van der Waals surface area contributed by atoms with Crippen LogP contribution in [0, 0.1) is 5.92 Å². The molecule has 28 heavy (non-hydrogen) atoms. The highest BCUT2D eigenvalue weighted by atomic mass is 16.5. The lowest BCUT2D eigenvalue weighted by molar-refractivity contribution is -0.125. The molecule has 0 aromatic carbocycles. The lowest BCUT2D eigenvalue weighted by Gasteiger charge is -2.46. The van der Waals surface area contributed by atoms with Gasteiger partial charge in [0.1, 0.15) is 11.4 Å². The second kappa shape index (κ2) is 8.65. The van der Waals surface area contributed by atoms with Gasteiger partial charge in [0.25, 0.3) is 5.91 Å². The fraction of sp³-hybridized carbons (Fsp3) is 0.524. The van der Waals surface area contributed by atoms with Crippen LogP contribution in [-0.4, -0.2) is 57.7 Å². The molecular formula is C21H26N4O3. The zero-order valence-corrected chi connectivity index (χ0v) is 16.0.